The molecule has 0 amide bonds. The maximum Gasteiger partial charge on any atom is 0.265 e. The number of allylic oxidation sites excluding steroid dienone is 1. The molecule has 0 spiro atoms. The Balaban J connectivity index is 1.97. The van der Waals surface area contributed by atoms with Gasteiger partial charge >= 0.3 is 0 Å². The Morgan fingerprint density at radius 2 is 2.05 bits per heavy atom. The van der Waals surface area contributed by atoms with Crippen LogP contribution in [0.2, 0.25) is 0 Å². The van der Waals surface area contributed by atoms with Gasteiger partial charge in [0.05, 0.1) is 5.69 Å². The van der Waals surface area contributed by atoms with E-state index in [0.717, 1.165) is 5.69 Å². The number of nitrogens with zero attached hydrogens (tertiary/aromatic N) is 4. The van der Waals surface area contributed by atoms with Crippen LogP contribution in [0.25, 0.3) is 16.7 Å². The van der Waals surface area contributed by atoms with Gasteiger partial charge < -0.3 is 0 Å². The van der Waals surface area contributed by atoms with E-state index in [2.05, 4.69) is 10.1 Å². The summed E-state index contributed by atoms with van der Waals surface area (Å²) in [7, 11) is 0. The summed E-state index contributed by atoms with van der Waals surface area (Å²) in [5, 5.41) is 7.60. The molecule has 98 valence electrons. The molecule has 0 bridgehead atoms. The van der Waals surface area contributed by atoms with Crippen LogP contribution in [0.4, 0.5) is 0 Å². The number of rotatable bonds is 1. The van der Waals surface area contributed by atoms with Crippen LogP contribution in [0, 0.1) is 0 Å². The van der Waals surface area contributed by atoms with Crippen molar-refractivity contribution in [3.63, 3.8) is 0 Å². The molecule has 0 N–H and O–H groups in total. The predicted molar refractivity (Wildman–Crippen MR) is 78.1 cm³/mol. The first kappa shape index (κ1) is 11.5. The number of benzene rings is 1. The van der Waals surface area contributed by atoms with Crippen molar-refractivity contribution < 1.29 is 0 Å². The highest BCUT2D eigenvalue weighted by molar-refractivity contribution is 8.02. The Labute approximate surface area is 118 Å². The van der Waals surface area contributed by atoms with Crippen molar-refractivity contribution in [2.24, 2.45) is 0 Å². The van der Waals surface area contributed by atoms with Gasteiger partial charge in [0.1, 0.15) is 5.39 Å². The normalized spacial score (nSPS) is 13.6. The molecule has 3 aromatic rings. The van der Waals surface area contributed by atoms with E-state index >= 15 is 0 Å². The fourth-order valence-electron chi connectivity index (χ4n) is 2.20. The third-order valence-electron chi connectivity index (χ3n) is 3.18. The number of thioether (sulfide) groups is 1. The Bertz CT molecular complexity index is 879. The second-order valence-corrected chi connectivity index (χ2v) is 5.32. The van der Waals surface area contributed by atoms with Gasteiger partial charge in [-0.2, -0.15) is 0 Å². The van der Waals surface area contributed by atoms with Gasteiger partial charge in [-0.05, 0) is 17.5 Å². The van der Waals surface area contributed by atoms with Crippen LogP contribution in [0.5, 0.6) is 0 Å². The predicted octanol–water partition coefficient (Wildman–Crippen LogP) is 2.20. The van der Waals surface area contributed by atoms with E-state index in [-0.39, 0.29) is 5.56 Å². The molecule has 0 atom stereocenters. The van der Waals surface area contributed by atoms with Crippen molar-refractivity contribution in [2.45, 2.75) is 11.7 Å². The lowest BCUT2D eigenvalue weighted by Crippen LogP contribution is -2.23. The number of aromatic nitrogens is 4. The van der Waals surface area contributed by atoms with Gasteiger partial charge in [0.15, 0.2) is 10.8 Å². The molecule has 1 aliphatic heterocycles. The van der Waals surface area contributed by atoms with Gasteiger partial charge in [0.2, 0.25) is 0 Å². The third-order valence-corrected chi connectivity index (χ3v) is 4.03. The van der Waals surface area contributed by atoms with E-state index in [0.29, 0.717) is 22.7 Å². The Morgan fingerprint density at radius 3 is 2.90 bits per heavy atom. The molecule has 4 rings (SSSR count). The fourth-order valence-corrected chi connectivity index (χ4v) is 2.93. The SMILES string of the molecule is O=c1c2cn(-c3ccccc3)nc2nc2n1CC=CS2. The first-order valence-corrected chi connectivity index (χ1v) is 7.08. The molecule has 20 heavy (non-hydrogen) atoms. The van der Waals surface area contributed by atoms with Crippen LogP contribution in [0.3, 0.4) is 0 Å². The highest BCUT2D eigenvalue weighted by Crippen LogP contribution is 2.22. The first-order chi connectivity index (χ1) is 9.83. The van der Waals surface area contributed by atoms with Gasteiger partial charge in [-0.25, -0.2) is 9.67 Å². The minimum absolute atomic E-state index is 0.0379. The summed E-state index contributed by atoms with van der Waals surface area (Å²) < 4.78 is 3.37. The average Bonchev–Trinajstić information content (AvgIpc) is 2.93. The smallest absolute Gasteiger partial charge is 0.265 e. The van der Waals surface area contributed by atoms with E-state index in [1.807, 2.05) is 41.8 Å². The van der Waals surface area contributed by atoms with Crippen molar-refractivity contribution >= 4 is 22.8 Å². The molecule has 6 heteroatoms. The van der Waals surface area contributed by atoms with E-state index in [9.17, 15) is 4.79 Å². The maximum atomic E-state index is 12.4. The van der Waals surface area contributed by atoms with Crippen LogP contribution in [0.15, 0.2) is 58.0 Å². The molecule has 2 aromatic heterocycles. The van der Waals surface area contributed by atoms with Crippen LogP contribution >= 0.6 is 11.8 Å². The first-order valence-electron chi connectivity index (χ1n) is 6.20. The largest absolute Gasteiger partial charge is 0.283 e. The van der Waals surface area contributed by atoms with Crippen LogP contribution in [0.1, 0.15) is 0 Å². The van der Waals surface area contributed by atoms with Crippen molar-refractivity contribution in [2.75, 3.05) is 0 Å². The summed E-state index contributed by atoms with van der Waals surface area (Å²) >= 11 is 1.44. The molecule has 0 aliphatic carbocycles. The third kappa shape index (κ3) is 1.69. The molecule has 0 saturated carbocycles. The lowest BCUT2D eigenvalue weighted by Gasteiger charge is -2.10. The zero-order chi connectivity index (χ0) is 13.5. The van der Waals surface area contributed by atoms with Gasteiger partial charge in [-0.15, -0.1) is 5.10 Å². The van der Waals surface area contributed by atoms with Crippen molar-refractivity contribution in [3.8, 4) is 5.69 Å². The van der Waals surface area contributed by atoms with Crippen molar-refractivity contribution in [1.29, 1.82) is 0 Å². The summed E-state index contributed by atoms with van der Waals surface area (Å²) in [6, 6.07) is 9.71. The minimum Gasteiger partial charge on any atom is -0.283 e. The van der Waals surface area contributed by atoms with Gasteiger partial charge in [-0.1, -0.05) is 36.0 Å². The average molecular weight is 282 g/mol. The highest BCUT2D eigenvalue weighted by atomic mass is 32.2. The van der Waals surface area contributed by atoms with Gasteiger partial charge in [-0.3, -0.25) is 9.36 Å². The topological polar surface area (TPSA) is 52.7 Å². The molecule has 0 radical (unpaired) electrons. The highest BCUT2D eigenvalue weighted by Gasteiger charge is 2.15. The summed E-state index contributed by atoms with van der Waals surface area (Å²) in [5.74, 6) is 0. The zero-order valence-corrected chi connectivity index (χ0v) is 11.2. The van der Waals surface area contributed by atoms with Gasteiger partial charge in [0.25, 0.3) is 5.56 Å². The molecular formula is C14H10N4OS. The van der Waals surface area contributed by atoms with Crippen LogP contribution < -0.4 is 5.56 Å². The Kier molecular flexibility index (Phi) is 2.50. The van der Waals surface area contributed by atoms with E-state index in [1.54, 1.807) is 15.4 Å². The summed E-state index contributed by atoms with van der Waals surface area (Å²) in [6.07, 6.45) is 3.70. The van der Waals surface area contributed by atoms with Crippen molar-refractivity contribution in [1.82, 2.24) is 19.3 Å². The molecule has 0 unspecified atom stereocenters. The molecule has 3 heterocycles. The zero-order valence-electron chi connectivity index (χ0n) is 10.4. The Hall–Kier alpha value is -2.34. The second kappa shape index (κ2) is 4.35. The molecule has 0 saturated heterocycles. The molecular weight excluding hydrogens is 272 g/mol. The Morgan fingerprint density at radius 1 is 1.20 bits per heavy atom. The lowest BCUT2D eigenvalue weighted by molar-refractivity contribution is 0.666. The van der Waals surface area contributed by atoms with E-state index < -0.39 is 0 Å². The maximum absolute atomic E-state index is 12.4. The van der Waals surface area contributed by atoms with Crippen LogP contribution in [-0.4, -0.2) is 19.3 Å². The minimum atomic E-state index is -0.0379. The molecule has 1 aliphatic rings. The standard InChI is InChI=1S/C14H10N4OS/c19-13-11-9-18(10-5-2-1-3-6-10)16-12(11)15-14-17(13)7-4-8-20-14/h1-6,8-9H,7H2. The number of fused-ring (bicyclic) bond motifs is 2. The molecule has 5 nitrogen and oxygen atoms in total. The second-order valence-electron chi connectivity index (χ2n) is 4.45. The summed E-state index contributed by atoms with van der Waals surface area (Å²) in [4.78, 5) is 16.9. The molecule has 0 fully saturated rings. The lowest BCUT2D eigenvalue weighted by atomic mass is 10.3. The van der Waals surface area contributed by atoms with E-state index in [4.69, 9.17) is 0 Å². The number of hydrogen-bond acceptors (Lipinski definition) is 4. The summed E-state index contributed by atoms with van der Waals surface area (Å²) in [6.45, 7) is 0.570. The van der Waals surface area contributed by atoms with Crippen LogP contribution in [-0.2, 0) is 6.54 Å². The monoisotopic (exact) mass is 282 g/mol. The molecule has 1 aromatic carbocycles. The quantitative estimate of drug-likeness (QED) is 0.642. The van der Waals surface area contributed by atoms with Crippen molar-refractivity contribution in [3.05, 3.63) is 58.4 Å². The number of hydrogen-bond donors (Lipinski definition) is 0. The van der Waals surface area contributed by atoms with E-state index in [1.165, 1.54) is 11.8 Å². The fraction of sp³-hybridized carbons (Fsp3) is 0.0714. The van der Waals surface area contributed by atoms with Gasteiger partial charge in [0, 0.05) is 12.7 Å². The summed E-state index contributed by atoms with van der Waals surface area (Å²) in [5.41, 5.74) is 1.37. The number of para-hydroxylation sites is 1.